The molecule has 5 heteroatoms. The second-order valence-electron chi connectivity index (χ2n) is 8.46. The molecule has 2 N–H and O–H groups in total. The topological polar surface area (TPSA) is 67.4 Å². The minimum absolute atomic E-state index is 0.0141. The Labute approximate surface area is 156 Å². The Morgan fingerprint density at radius 3 is 2.50 bits per heavy atom. The summed E-state index contributed by atoms with van der Waals surface area (Å²) in [5, 5.41) is 6.07. The Morgan fingerprint density at radius 1 is 1.23 bits per heavy atom. The van der Waals surface area contributed by atoms with E-state index in [2.05, 4.69) is 16.7 Å². The predicted molar refractivity (Wildman–Crippen MR) is 103 cm³/mol. The second-order valence-corrected chi connectivity index (χ2v) is 8.46. The summed E-state index contributed by atoms with van der Waals surface area (Å²) in [6, 6.07) is 5.46. The smallest absolute Gasteiger partial charge is 0.243 e. The van der Waals surface area contributed by atoms with Crippen molar-refractivity contribution in [2.24, 2.45) is 11.3 Å². The number of hydrogen-bond donors (Lipinski definition) is 2. The molecule has 2 atom stereocenters. The zero-order valence-corrected chi connectivity index (χ0v) is 16.8. The van der Waals surface area contributed by atoms with E-state index in [0.717, 1.165) is 30.6 Å². The van der Waals surface area contributed by atoms with Crippen molar-refractivity contribution in [2.45, 2.75) is 66.0 Å². The fourth-order valence-corrected chi connectivity index (χ4v) is 3.22. The largest absolute Gasteiger partial charge is 0.497 e. The highest BCUT2D eigenvalue weighted by Gasteiger charge is 2.31. The van der Waals surface area contributed by atoms with Gasteiger partial charge in [0.1, 0.15) is 11.8 Å². The van der Waals surface area contributed by atoms with Crippen LogP contribution >= 0.6 is 0 Å². The minimum Gasteiger partial charge on any atom is -0.497 e. The first-order chi connectivity index (χ1) is 12.1. The highest BCUT2D eigenvalue weighted by Crippen LogP contribution is 2.32. The molecule has 2 rings (SSSR count). The Bertz CT molecular complexity index is 662. The van der Waals surface area contributed by atoms with Gasteiger partial charge >= 0.3 is 0 Å². The van der Waals surface area contributed by atoms with E-state index in [-0.39, 0.29) is 23.8 Å². The summed E-state index contributed by atoms with van der Waals surface area (Å²) in [7, 11) is 1.66. The van der Waals surface area contributed by atoms with Crippen molar-refractivity contribution in [1.82, 2.24) is 10.6 Å². The summed E-state index contributed by atoms with van der Waals surface area (Å²) in [5.41, 5.74) is 1.84. The van der Waals surface area contributed by atoms with Gasteiger partial charge < -0.3 is 15.4 Å². The van der Waals surface area contributed by atoms with E-state index >= 15 is 0 Å². The summed E-state index contributed by atoms with van der Waals surface area (Å²) in [6.07, 6.45) is 2.92. The van der Waals surface area contributed by atoms with Gasteiger partial charge in [-0.2, -0.15) is 0 Å². The Balaban J connectivity index is 2.14. The van der Waals surface area contributed by atoms with Gasteiger partial charge in [-0.15, -0.1) is 0 Å². The molecule has 0 saturated heterocycles. The molecule has 0 heterocycles. The third-order valence-corrected chi connectivity index (χ3v) is 4.90. The van der Waals surface area contributed by atoms with Gasteiger partial charge in [-0.1, -0.05) is 40.7 Å². The summed E-state index contributed by atoms with van der Waals surface area (Å²) in [6.45, 7) is 9.45. The number of carbonyl (C=O) groups excluding carboxylic acids is 2. The molecule has 0 aromatic heterocycles. The second kappa shape index (κ2) is 8.11. The molecular formula is C21H32N2O3. The van der Waals surface area contributed by atoms with Gasteiger partial charge in [0.15, 0.2) is 0 Å². The number of methoxy groups -OCH3 is 1. The van der Waals surface area contributed by atoms with Gasteiger partial charge in [-0.3, -0.25) is 9.59 Å². The van der Waals surface area contributed by atoms with Crippen molar-refractivity contribution in [1.29, 1.82) is 0 Å². The number of rotatable bonds is 5. The van der Waals surface area contributed by atoms with Gasteiger partial charge in [-0.25, -0.2) is 0 Å². The summed E-state index contributed by atoms with van der Waals surface area (Å²) in [4.78, 5) is 25.2. The molecule has 2 unspecified atom stereocenters. The van der Waals surface area contributed by atoms with Crippen LogP contribution in [0.5, 0.6) is 5.75 Å². The molecule has 0 bridgehead atoms. The number of benzene rings is 1. The lowest BCUT2D eigenvalue weighted by Gasteiger charge is -2.31. The SMILES string of the molecule is COc1ccc2c(c1)CCCC2NC(=O)C(NC(=O)C(C)(C)C)C(C)C. The zero-order valence-electron chi connectivity index (χ0n) is 16.8. The average Bonchev–Trinajstić information content (AvgIpc) is 2.57. The van der Waals surface area contributed by atoms with E-state index in [9.17, 15) is 9.59 Å². The lowest BCUT2D eigenvalue weighted by molar-refractivity contribution is -0.134. The predicted octanol–water partition coefficient (Wildman–Crippen LogP) is 3.38. The normalized spacial score (nSPS) is 18.0. The van der Waals surface area contributed by atoms with Crippen molar-refractivity contribution in [2.75, 3.05) is 7.11 Å². The Kier molecular flexibility index (Phi) is 6.32. The van der Waals surface area contributed by atoms with Crippen LogP contribution in [0.4, 0.5) is 0 Å². The van der Waals surface area contributed by atoms with Crippen LogP contribution in [-0.4, -0.2) is 25.0 Å². The van der Waals surface area contributed by atoms with Crippen LogP contribution in [0.15, 0.2) is 18.2 Å². The zero-order chi connectivity index (χ0) is 19.5. The highest BCUT2D eigenvalue weighted by atomic mass is 16.5. The van der Waals surface area contributed by atoms with Gasteiger partial charge in [0.2, 0.25) is 11.8 Å². The number of amides is 2. The fourth-order valence-electron chi connectivity index (χ4n) is 3.22. The highest BCUT2D eigenvalue weighted by molar-refractivity contribution is 5.90. The Morgan fingerprint density at radius 2 is 1.92 bits per heavy atom. The molecule has 1 aliphatic rings. The molecule has 144 valence electrons. The van der Waals surface area contributed by atoms with Gasteiger partial charge in [0.05, 0.1) is 13.2 Å². The molecule has 0 aliphatic heterocycles. The molecule has 0 fully saturated rings. The van der Waals surface area contributed by atoms with Crippen molar-refractivity contribution < 1.29 is 14.3 Å². The number of hydrogen-bond acceptors (Lipinski definition) is 3. The molecule has 1 aliphatic carbocycles. The number of aryl methyl sites for hydroxylation is 1. The quantitative estimate of drug-likeness (QED) is 0.846. The van der Waals surface area contributed by atoms with Crippen molar-refractivity contribution in [3.63, 3.8) is 0 Å². The van der Waals surface area contributed by atoms with E-state index in [4.69, 9.17) is 4.74 Å². The van der Waals surface area contributed by atoms with Gasteiger partial charge in [-0.05, 0) is 48.4 Å². The van der Waals surface area contributed by atoms with E-state index in [1.165, 1.54) is 5.56 Å². The molecule has 26 heavy (non-hydrogen) atoms. The molecule has 2 amide bonds. The lowest BCUT2D eigenvalue weighted by Crippen LogP contribution is -2.53. The number of carbonyl (C=O) groups is 2. The van der Waals surface area contributed by atoms with Crippen LogP contribution in [0.1, 0.15) is 64.6 Å². The van der Waals surface area contributed by atoms with Crippen molar-refractivity contribution in [3.8, 4) is 5.75 Å². The Hall–Kier alpha value is -2.04. The number of fused-ring (bicyclic) bond motifs is 1. The first-order valence-corrected chi connectivity index (χ1v) is 9.41. The first kappa shape index (κ1) is 20.3. The maximum Gasteiger partial charge on any atom is 0.243 e. The maximum absolute atomic E-state index is 12.9. The molecule has 0 spiro atoms. The minimum atomic E-state index is -0.537. The van der Waals surface area contributed by atoms with E-state index < -0.39 is 11.5 Å². The van der Waals surface area contributed by atoms with Crippen LogP contribution < -0.4 is 15.4 Å². The third kappa shape index (κ3) is 4.77. The van der Waals surface area contributed by atoms with E-state index in [1.54, 1.807) is 7.11 Å². The molecule has 1 aromatic carbocycles. The summed E-state index contributed by atoms with van der Waals surface area (Å²) >= 11 is 0. The summed E-state index contributed by atoms with van der Waals surface area (Å²) in [5.74, 6) is 0.625. The van der Waals surface area contributed by atoms with Crippen molar-refractivity contribution >= 4 is 11.8 Å². The molecule has 0 saturated carbocycles. The first-order valence-electron chi connectivity index (χ1n) is 9.41. The van der Waals surface area contributed by atoms with E-state index in [0.29, 0.717) is 0 Å². The average molecular weight is 360 g/mol. The molecule has 1 aromatic rings. The van der Waals surface area contributed by atoms with Crippen molar-refractivity contribution in [3.05, 3.63) is 29.3 Å². The number of nitrogens with one attached hydrogen (secondary N) is 2. The molecular weight excluding hydrogens is 328 g/mol. The van der Waals surface area contributed by atoms with Gasteiger partial charge in [0, 0.05) is 5.41 Å². The fraction of sp³-hybridized carbons (Fsp3) is 0.619. The lowest BCUT2D eigenvalue weighted by atomic mass is 9.87. The van der Waals surface area contributed by atoms with Crippen LogP contribution in [-0.2, 0) is 16.0 Å². The molecule has 0 radical (unpaired) electrons. The monoisotopic (exact) mass is 360 g/mol. The summed E-state index contributed by atoms with van der Waals surface area (Å²) < 4.78 is 5.31. The maximum atomic E-state index is 12.9. The van der Waals surface area contributed by atoms with Crippen LogP contribution in [0.3, 0.4) is 0 Å². The van der Waals surface area contributed by atoms with Crippen LogP contribution in [0.2, 0.25) is 0 Å². The third-order valence-electron chi connectivity index (χ3n) is 4.90. The van der Waals surface area contributed by atoms with Crippen LogP contribution in [0, 0.1) is 11.3 Å². The number of ether oxygens (including phenoxy) is 1. The van der Waals surface area contributed by atoms with Gasteiger partial charge in [0.25, 0.3) is 0 Å². The molecule has 5 nitrogen and oxygen atoms in total. The standard InChI is InChI=1S/C21H32N2O3/c1-13(2)18(23-20(25)21(3,4)5)19(24)22-17-9-7-8-14-12-15(26-6)10-11-16(14)17/h10-13,17-18H,7-9H2,1-6H3,(H,22,24)(H,23,25). The van der Waals surface area contributed by atoms with E-state index in [1.807, 2.05) is 46.8 Å². The van der Waals surface area contributed by atoms with Crippen LogP contribution in [0.25, 0.3) is 0 Å².